The molecule has 1 aromatic rings. The Morgan fingerprint density at radius 2 is 1.53 bits per heavy atom. The minimum atomic E-state index is 0.660. The monoisotopic (exact) mass is 234 g/mol. The summed E-state index contributed by atoms with van der Waals surface area (Å²) in [6, 6.07) is 10.6. The molecule has 1 atom stereocenters. The quantitative estimate of drug-likeness (QED) is 0.585. The van der Waals surface area contributed by atoms with Gasteiger partial charge < -0.3 is 0 Å². The summed E-state index contributed by atoms with van der Waals surface area (Å²) in [6.45, 7) is 14.6. The molecule has 0 radical (unpaired) electrons. The number of hydrogen-bond donors (Lipinski definition) is 0. The van der Waals surface area contributed by atoms with Crippen LogP contribution in [0.15, 0.2) is 36.4 Å². The molecular formula is C17H30. The van der Waals surface area contributed by atoms with E-state index in [-0.39, 0.29) is 0 Å². The van der Waals surface area contributed by atoms with Crippen LogP contribution in [-0.4, -0.2) is 0 Å². The third kappa shape index (κ3) is 6.99. The summed E-state index contributed by atoms with van der Waals surface area (Å²) in [6.07, 6.45) is 3.43. The van der Waals surface area contributed by atoms with E-state index in [0.29, 0.717) is 5.92 Å². The van der Waals surface area contributed by atoms with Gasteiger partial charge in [0.25, 0.3) is 0 Å². The molecule has 0 N–H and O–H groups in total. The Kier molecular flexibility index (Phi) is 14.0. The van der Waals surface area contributed by atoms with E-state index < -0.39 is 0 Å². The molecule has 0 aliphatic rings. The van der Waals surface area contributed by atoms with Crippen molar-refractivity contribution in [2.24, 2.45) is 5.92 Å². The van der Waals surface area contributed by atoms with Crippen molar-refractivity contribution < 1.29 is 0 Å². The zero-order valence-corrected chi connectivity index (χ0v) is 12.7. The molecule has 0 amide bonds. The van der Waals surface area contributed by atoms with Crippen LogP contribution in [0.5, 0.6) is 0 Å². The topological polar surface area (TPSA) is 0 Å². The second-order valence-electron chi connectivity index (χ2n) is 3.42. The van der Waals surface area contributed by atoms with Gasteiger partial charge in [-0.05, 0) is 30.4 Å². The second kappa shape index (κ2) is 13.0. The molecular weight excluding hydrogens is 204 g/mol. The summed E-state index contributed by atoms with van der Waals surface area (Å²) in [5.74, 6) is 0.660. The van der Waals surface area contributed by atoms with Gasteiger partial charge in [0, 0.05) is 0 Å². The molecule has 0 fully saturated rings. The van der Waals surface area contributed by atoms with Crippen LogP contribution in [0.1, 0.15) is 60.5 Å². The van der Waals surface area contributed by atoms with Crippen molar-refractivity contribution in [2.75, 3.05) is 0 Å². The van der Waals surface area contributed by atoms with Crippen molar-refractivity contribution in [3.05, 3.63) is 42.0 Å². The van der Waals surface area contributed by atoms with Crippen LogP contribution >= 0.6 is 0 Å². The minimum absolute atomic E-state index is 0.660. The summed E-state index contributed by atoms with van der Waals surface area (Å²) in [5, 5.41) is 0. The zero-order chi connectivity index (χ0) is 13.7. The normalized spacial score (nSPS) is 11.6. The van der Waals surface area contributed by atoms with E-state index in [4.69, 9.17) is 0 Å². The molecule has 0 bridgehead atoms. The minimum Gasteiger partial charge on any atom is -0.0836 e. The summed E-state index contributed by atoms with van der Waals surface area (Å²) in [5.41, 5.74) is 2.82. The standard InChI is InChI=1S/C13H18.2C2H6/c1-4-11(3)13(5-2)12-9-7-6-8-10-12;2*1-2/h5-11H,4H2,1-3H3;2*1-2H3/b13-5+;;. The lowest BCUT2D eigenvalue weighted by molar-refractivity contribution is 0.717. The SMILES string of the molecule is C/C=C(/c1ccccc1)C(C)CC.CC.CC. The Hall–Kier alpha value is -1.04. The zero-order valence-electron chi connectivity index (χ0n) is 12.7. The van der Waals surface area contributed by atoms with E-state index in [1.807, 2.05) is 27.7 Å². The Balaban J connectivity index is 0. The molecule has 0 aromatic heterocycles. The first-order valence-corrected chi connectivity index (χ1v) is 7.01. The van der Waals surface area contributed by atoms with Gasteiger partial charge in [0.05, 0.1) is 0 Å². The van der Waals surface area contributed by atoms with Crippen molar-refractivity contribution in [3.8, 4) is 0 Å². The molecule has 0 heteroatoms. The lowest BCUT2D eigenvalue weighted by Gasteiger charge is -2.13. The number of rotatable bonds is 3. The van der Waals surface area contributed by atoms with Gasteiger partial charge in [-0.2, -0.15) is 0 Å². The highest BCUT2D eigenvalue weighted by atomic mass is 14.1. The molecule has 1 unspecified atom stereocenters. The van der Waals surface area contributed by atoms with Crippen molar-refractivity contribution >= 4 is 5.57 Å². The Labute approximate surface area is 109 Å². The van der Waals surface area contributed by atoms with Gasteiger partial charge in [-0.25, -0.2) is 0 Å². The highest BCUT2D eigenvalue weighted by Crippen LogP contribution is 2.24. The van der Waals surface area contributed by atoms with E-state index >= 15 is 0 Å². The van der Waals surface area contributed by atoms with E-state index in [1.165, 1.54) is 17.6 Å². The van der Waals surface area contributed by atoms with Gasteiger partial charge in [-0.3, -0.25) is 0 Å². The van der Waals surface area contributed by atoms with Crippen molar-refractivity contribution in [1.29, 1.82) is 0 Å². The highest BCUT2D eigenvalue weighted by Gasteiger charge is 2.06. The van der Waals surface area contributed by atoms with E-state index in [9.17, 15) is 0 Å². The van der Waals surface area contributed by atoms with Crippen LogP contribution in [0.25, 0.3) is 5.57 Å². The average molecular weight is 234 g/mol. The third-order valence-corrected chi connectivity index (χ3v) is 2.56. The molecule has 17 heavy (non-hydrogen) atoms. The smallest absolute Gasteiger partial charge is 0.0190 e. The Morgan fingerprint density at radius 1 is 1.06 bits per heavy atom. The van der Waals surface area contributed by atoms with Crippen LogP contribution in [0.4, 0.5) is 0 Å². The number of hydrogen-bond acceptors (Lipinski definition) is 0. The lowest BCUT2D eigenvalue weighted by atomic mass is 9.92. The lowest BCUT2D eigenvalue weighted by Crippen LogP contribution is -1.96. The van der Waals surface area contributed by atoms with Crippen molar-refractivity contribution in [2.45, 2.75) is 54.9 Å². The summed E-state index contributed by atoms with van der Waals surface area (Å²) in [4.78, 5) is 0. The molecule has 0 aliphatic heterocycles. The van der Waals surface area contributed by atoms with Gasteiger partial charge in [-0.15, -0.1) is 0 Å². The molecule has 98 valence electrons. The fourth-order valence-electron chi connectivity index (χ4n) is 1.59. The number of benzene rings is 1. The number of allylic oxidation sites excluding steroid dienone is 2. The molecule has 0 saturated heterocycles. The average Bonchev–Trinajstić information content (AvgIpc) is 2.45. The largest absolute Gasteiger partial charge is 0.0836 e. The van der Waals surface area contributed by atoms with Crippen molar-refractivity contribution in [3.63, 3.8) is 0 Å². The fraction of sp³-hybridized carbons (Fsp3) is 0.529. The summed E-state index contributed by atoms with van der Waals surface area (Å²) >= 11 is 0. The molecule has 0 spiro atoms. The second-order valence-corrected chi connectivity index (χ2v) is 3.42. The first-order valence-electron chi connectivity index (χ1n) is 7.01. The molecule has 0 heterocycles. The predicted octanol–water partition coefficient (Wildman–Crippen LogP) is 6.19. The van der Waals surface area contributed by atoms with E-state index in [2.05, 4.69) is 57.2 Å². The van der Waals surface area contributed by atoms with Gasteiger partial charge in [0.15, 0.2) is 0 Å². The summed E-state index contributed by atoms with van der Waals surface area (Å²) < 4.78 is 0. The van der Waals surface area contributed by atoms with E-state index in [1.54, 1.807) is 0 Å². The molecule has 1 aromatic carbocycles. The van der Waals surface area contributed by atoms with Crippen LogP contribution in [0, 0.1) is 5.92 Å². The van der Waals surface area contributed by atoms with E-state index in [0.717, 1.165) is 0 Å². The molecule has 1 rings (SSSR count). The summed E-state index contributed by atoms with van der Waals surface area (Å²) in [7, 11) is 0. The van der Waals surface area contributed by atoms with Gasteiger partial charge >= 0.3 is 0 Å². The van der Waals surface area contributed by atoms with Crippen molar-refractivity contribution in [1.82, 2.24) is 0 Å². The fourth-order valence-corrected chi connectivity index (χ4v) is 1.59. The third-order valence-electron chi connectivity index (χ3n) is 2.56. The first kappa shape index (κ1) is 18.3. The first-order chi connectivity index (χ1) is 8.29. The molecule has 0 saturated carbocycles. The van der Waals surface area contributed by atoms with Gasteiger partial charge in [-0.1, -0.05) is 78.0 Å². The van der Waals surface area contributed by atoms with Crippen LogP contribution in [-0.2, 0) is 0 Å². The molecule has 0 aliphatic carbocycles. The van der Waals surface area contributed by atoms with Gasteiger partial charge in [0.2, 0.25) is 0 Å². The predicted molar refractivity (Wildman–Crippen MR) is 82.2 cm³/mol. The van der Waals surface area contributed by atoms with Crippen LogP contribution < -0.4 is 0 Å². The molecule has 0 nitrogen and oxygen atoms in total. The maximum atomic E-state index is 2.28. The Morgan fingerprint density at radius 3 is 1.88 bits per heavy atom. The van der Waals surface area contributed by atoms with Gasteiger partial charge in [0.1, 0.15) is 0 Å². The Bertz CT molecular complexity index is 269. The van der Waals surface area contributed by atoms with Crippen LogP contribution in [0.3, 0.4) is 0 Å². The maximum absolute atomic E-state index is 2.28. The maximum Gasteiger partial charge on any atom is -0.0190 e. The van der Waals surface area contributed by atoms with Crippen LogP contribution in [0.2, 0.25) is 0 Å². The highest BCUT2D eigenvalue weighted by molar-refractivity contribution is 5.66.